The third-order valence-electron chi connectivity index (χ3n) is 2.87. The Kier molecular flexibility index (Phi) is 9.18. The average Bonchev–Trinajstić information content (AvgIpc) is 2.20. The highest BCUT2D eigenvalue weighted by Gasteiger charge is 2.07. The molecule has 2 atom stereocenters. The number of hydrogen-bond donors (Lipinski definition) is 0. The summed E-state index contributed by atoms with van der Waals surface area (Å²) in [5, 5.41) is 0. The molecule has 0 bridgehead atoms. The van der Waals surface area contributed by atoms with Crippen LogP contribution < -0.4 is 0 Å². The number of rotatable bonds is 9. The number of unbranched alkanes of at least 4 members (excludes halogenated alkanes) is 1. The second-order valence-electron chi connectivity index (χ2n) is 5.36. The molecular formula is C14H30O. The quantitative estimate of drug-likeness (QED) is 0.542. The molecule has 0 saturated heterocycles. The van der Waals surface area contributed by atoms with Gasteiger partial charge in [-0.3, -0.25) is 0 Å². The minimum absolute atomic E-state index is 0.450. The lowest BCUT2D eigenvalue weighted by atomic mass is 10.00. The molecule has 0 aromatic heterocycles. The predicted molar refractivity (Wildman–Crippen MR) is 68.2 cm³/mol. The van der Waals surface area contributed by atoms with E-state index in [4.69, 9.17) is 4.74 Å². The summed E-state index contributed by atoms with van der Waals surface area (Å²) in [4.78, 5) is 0. The van der Waals surface area contributed by atoms with Crippen LogP contribution in [0.25, 0.3) is 0 Å². The molecule has 15 heavy (non-hydrogen) atoms. The smallest absolute Gasteiger partial charge is 0.0547 e. The summed E-state index contributed by atoms with van der Waals surface area (Å²) in [5.41, 5.74) is 0. The summed E-state index contributed by atoms with van der Waals surface area (Å²) in [6.07, 6.45) is 6.86. The van der Waals surface area contributed by atoms with Gasteiger partial charge < -0.3 is 4.74 Å². The highest BCUT2D eigenvalue weighted by atomic mass is 16.5. The zero-order valence-corrected chi connectivity index (χ0v) is 11.4. The van der Waals surface area contributed by atoms with Gasteiger partial charge in [-0.15, -0.1) is 0 Å². The third-order valence-corrected chi connectivity index (χ3v) is 2.87. The van der Waals surface area contributed by atoms with Crippen molar-refractivity contribution in [1.82, 2.24) is 0 Å². The molecular weight excluding hydrogens is 184 g/mol. The van der Waals surface area contributed by atoms with Crippen molar-refractivity contribution in [2.45, 2.75) is 72.8 Å². The predicted octanol–water partition coefficient (Wildman–Crippen LogP) is 4.65. The second kappa shape index (κ2) is 9.21. The molecule has 0 fully saturated rings. The van der Waals surface area contributed by atoms with Gasteiger partial charge in [-0.25, -0.2) is 0 Å². The van der Waals surface area contributed by atoms with Gasteiger partial charge in [-0.1, -0.05) is 47.0 Å². The monoisotopic (exact) mass is 214 g/mol. The summed E-state index contributed by atoms with van der Waals surface area (Å²) in [6, 6.07) is 0. The molecule has 0 aromatic rings. The highest BCUT2D eigenvalue weighted by molar-refractivity contribution is 4.56. The van der Waals surface area contributed by atoms with Crippen LogP contribution in [0.5, 0.6) is 0 Å². The summed E-state index contributed by atoms with van der Waals surface area (Å²) >= 11 is 0. The standard InChI is InChI=1S/C14H30O/c1-6-7-8-14(5)15-11-13(4)10-9-12(2)3/h12-14H,6-11H2,1-5H3. The van der Waals surface area contributed by atoms with Gasteiger partial charge in [0, 0.05) is 6.61 Å². The van der Waals surface area contributed by atoms with E-state index >= 15 is 0 Å². The molecule has 1 nitrogen and oxygen atoms in total. The Bertz CT molecular complexity index is 131. The molecule has 0 saturated carbocycles. The minimum atomic E-state index is 0.450. The average molecular weight is 214 g/mol. The van der Waals surface area contributed by atoms with Crippen LogP contribution in [0.4, 0.5) is 0 Å². The molecule has 0 rings (SSSR count). The molecule has 0 amide bonds. The van der Waals surface area contributed by atoms with Crippen LogP contribution >= 0.6 is 0 Å². The Morgan fingerprint density at radius 3 is 2.13 bits per heavy atom. The fraction of sp³-hybridized carbons (Fsp3) is 1.00. The largest absolute Gasteiger partial charge is 0.378 e. The SMILES string of the molecule is CCCCC(C)OCC(C)CCC(C)C. The molecule has 0 aliphatic heterocycles. The van der Waals surface area contributed by atoms with E-state index in [2.05, 4.69) is 34.6 Å². The van der Waals surface area contributed by atoms with Gasteiger partial charge in [-0.2, -0.15) is 0 Å². The van der Waals surface area contributed by atoms with Crippen LogP contribution in [0.1, 0.15) is 66.7 Å². The Hall–Kier alpha value is -0.0400. The molecule has 1 heteroatoms. The zero-order valence-electron chi connectivity index (χ0n) is 11.4. The zero-order chi connectivity index (χ0) is 11.7. The lowest BCUT2D eigenvalue weighted by Gasteiger charge is -2.17. The van der Waals surface area contributed by atoms with E-state index in [1.807, 2.05) is 0 Å². The fourth-order valence-electron chi connectivity index (χ4n) is 1.60. The van der Waals surface area contributed by atoms with E-state index in [1.165, 1.54) is 32.1 Å². The van der Waals surface area contributed by atoms with Crippen LogP contribution in [0.3, 0.4) is 0 Å². The molecule has 0 aliphatic rings. The van der Waals surface area contributed by atoms with Gasteiger partial charge in [0.25, 0.3) is 0 Å². The lowest BCUT2D eigenvalue weighted by Crippen LogP contribution is -2.14. The van der Waals surface area contributed by atoms with Crippen molar-refractivity contribution >= 4 is 0 Å². The Morgan fingerprint density at radius 1 is 0.933 bits per heavy atom. The maximum atomic E-state index is 5.84. The molecule has 0 aliphatic carbocycles. The normalized spacial score (nSPS) is 15.6. The van der Waals surface area contributed by atoms with Crippen molar-refractivity contribution in [3.8, 4) is 0 Å². The van der Waals surface area contributed by atoms with Gasteiger partial charge in [0.05, 0.1) is 6.10 Å². The van der Waals surface area contributed by atoms with Crippen LogP contribution in [-0.2, 0) is 4.74 Å². The molecule has 2 unspecified atom stereocenters. The van der Waals surface area contributed by atoms with Gasteiger partial charge in [-0.05, 0) is 31.6 Å². The van der Waals surface area contributed by atoms with Crippen molar-refractivity contribution in [3.63, 3.8) is 0 Å². The van der Waals surface area contributed by atoms with E-state index in [0.29, 0.717) is 6.10 Å². The molecule has 0 radical (unpaired) electrons. The van der Waals surface area contributed by atoms with Gasteiger partial charge >= 0.3 is 0 Å². The summed E-state index contributed by atoms with van der Waals surface area (Å²) in [7, 11) is 0. The van der Waals surface area contributed by atoms with Crippen molar-refractivity contribution in [2.75, 3.05) is 6.61 Å². The van der Waals surface area contributed by atoms with E-state index in [0.717, 1.165) is 18.4 Å². The Morgan fingerprint density at radius 2 is 1.60 bits per heavy atom. The maximum Gasteiger partial charge on any atom is 0.0547 e. The number of hydrogen-bond acceptors (Lipinski definition) is 1. The first kappa shape index (κ1) is 15.0. The molecule has 92 valence electrons. The van der Waals surface area contributed by atoms with Gasteiger partial charge in [0.1, 0.15) is 0 Å². The van der Waals surface area contributed by atoms with Gasteiger partial charge in [0.15, 0.2) is 0 Å². The van der Waals surface area contributed by atoms with E-state index in [-0.39, 0.29) is 0 Å². The van der Waals surface area contributed by atoms with E-state index < -0.39 is 0 Å². The summed E-state index contributed by atoms with van der Waals surface area (Å²) < 4.78 is 5.84. The first-order valence-corrected chi connectivity index (χ1v) is 6.67. The first-order chi connectivity index (χ1) is 7.06. The van der Waals surface area contributed by atoms with Crippen LogP contribution in [0.15, 0.2) is 0 Å². The fourth-order valence-corrected chi connectivity index (χ4v) is 1.60. The third kappa shape index (κ3) is 10.2. The van der Waals surface area contributed by atoms with Crippen LogP contribution in [0, 0.1) is 11.8 Å². The lowest BCUT2D eigenvalue weighted by molar-refractivity contribution is 0.0350. The Balaban J connectivity index is 3.39. The topological polar surface area (TPSA) is 9.23 Å². The molecule has 0 spiro atoms. The van der Waals surface area contributed by atoms with E-state index in [9.17, 15) is 0 Å². The molecule has 0 N–H and O–H groups in total. The van der Waals surface area contributed by atoms with Crippen molar-refractivity contribution < 1.29 is 4.74 Å². The highest BCUT2D eigenvalue weighted by Crippen LogP contribution is 2.13. The van der Waals surface area contributed by atoms with Crippen molar-refractivity contribution in [3.05, 3.63) is 0 Å². The maximum absolute atomic E-state index is 5.84. The van der Waals surface area contributed by atoms with Crippen molar-refractivity contribution in [1.29, 1.82) is 0 Å². The second-order valence-corrected chi connectivity index (χ2v) is 5.36. The summed E-state index contributed by atoms with van der Waals surface area (Å²) in [5.74, 6) is 1.54. The van der Waals surface area contributed by atoms with Crippen LogP contribution in [-0.4, -0.2) is 12.7 Å². The summed E-state index contributed by atoms with van der Waals surface area (Å²) in [6.45, 7) is 12.3. The first-order valence-electron chi connectivity index (χ1n) is 6.67. The molecule has 0 aromatic carbocycles. The minimum Gasteiger partial charge on any atom is -0.378 e. The van der Waals surface area contributed by atoms with Crippen LogP contribution in [0.2, 0.25) is 0 Å². The molecule has 0 heterocycles. The number of ether oxygens (including phenoxy) is 1. The van der Waals surface area contributed by atoms with E-state index in [1.54, 1.807) is 0 Å². The van der Waals surface area contributed by atoms with Crippen molar-refractivity contribution in [2.24, 2.45) is 11.8 Å². The Labute approximate surface area is 96.6 Å². The van der Waals surface area contributed by atoms with Gasteiger partial charge in [0.2, 0.25) is 0 Å².